The van der Waals surface area contributed by atoms with Crippen molar-refractivity contribution in [3.05, 3.63) is 484 Å². The summed E-state index contributed by atoms with van der Waals surface area (Å²) < 4.78 is 23.4. The summed E-state index contributed by atoms with van der Waals surface area (Å²) in [5.74, 6) is 0. The molecular formula is C116H80Ir4N8O4-8. The van der Waals surface area contributed by atoms with Gasteiger partial charge in [-0.3, -0.25) is 4.98 Å². The molecule has 0 atom stereocenters. The normalized spacial score (nSPS) is 10.3. The van der Waals surface area contributed by atoms with Crippen LogP contribution in [0.15, 0.2) is 431 Å². The monoisotopic (exact) mass is 2420 g/mol. The third-order valence-corrected chi connectivity index (χ3v) is 20.5. The van der Waals surface area contributed by atoms with E-state index in [1.807, 2.05) is 404 Å². The van der Waals surface area contributed by atoms with Crippen LogP contribution in [-0.4, -0.2) is 39.9 Å². The number of aryl methyl sites for hydroxylation is 4. The number of hydrogen-bond donors (Lipinski definition) is 0. The van der Waals surface area contributed by atoms with Crippen molar-refractivity contribution in [2.45, 2.75) is 27.7 Å². The summed E-state index contributed by atoms with van der Waals surface area (Å²) in [4.78, 5) is 35.8. The SMILES string of the molecule is Cc1cccc(-c2[c-]cccc2)n1.Cc1cccc(-c2[c-]cccc2)n1.Cc1cccc(-c2[c-]cccc2)n1.Cc1cccc(-c2[c-]cccc2)n1.[Ir].[Ir].[Ir].[Ir].[c-]1ccccc1-c1cc2c(cn1)oc1ccccc12.[c-]1ccccc1-c1ccc2oc3ccccc3c2n1.[c-]1ccccc1-c1nccc2c1oc1ccccc12.[c-]1ccccc1-c1nccc2oc3ccccc3c12. The number of fused-ring (bicyclic) bond motifs is 12. The van der Waals surface area contributed by atoms with Crippen LogP contribution in [0, 0.1) is 76.2 Å². The Morgan fingerprint density at radius 2 is 0.523 bits per heavy atom. The van der Waals surface area contributed by atoms with Crippen LogP contribution in [0.3, 0.4) is 0 Å². The number of hydrogen-bond acceptors (Lipinski definition) is 12. The van der Waals surface area contributed by atoms with Gasteiger partial charge in [0.05, 0.1) is 6.20 Å². The number of rotatable bonds is 8. The molecule has 652 valence electrons. The van der Waals surface area contributed by atoms with Gasteiger partial charge in [0.25, 0.3) is 0 Å². The smallest absolute Gasteiger partial charge is 0.152 e. The molecule has 12 heterocycles. The van der Waals surface area contributed by atoms with Gasteiger partial charge < -0.3 is 52.6 Å². The number of furan rings is 4. The molecule has 0 spiro atoms. The van der Waals surface area contributed by atoms with Crippen LogP contribution in [0.1, 0.15) is 22.8 Å². The molecule has 0 N–H and O–H groups in total. The Bertz CT molecular complexity index is 7260. The van der Waals surface area contributed by atoms with E-state index >= 15 is 0 Å². The number of nitrogens with zero attached hydrogens (tertiary/aromatic N) is 8. The van der Waals surface area contributed by atoms with Crippen molar-refractivity contribution in [3.63, 3.8) is 0 Å². The summed E-state index contributed by atoms with van der Waals surface area (Å²) in [6, 6.07) is 154. The Morgan fingerprint density at radius 1 is 0.205 bits per heavy atom. The Kier molecular flexibility index (Phi) is 34.1. The number of para-hydroxylation sites is 4. The van der Waals surface area contributed by atoms with Crippen molar-refractivity contribution in [1.82, 2.24) is 39.9 Å². The van der Waals surface area contributed by atoms with Gasteiger partial charge in [-0.25, -0.2) is 0 Å². The summed E-state index contributed by atoms with van der Waals surface area (Å²) in [6.07, 6.45) is 5.38. The van der Waals surface area contributed by atoms with Crippen molar-refractivity contribution >= 4 is 87.9 Å². The van der Waals surface area contributed by atoms with Crippen molar-refractivity contribution in [2.75, 3.05) is 0 Å². The first-order valence-electron chi connectivity index (χ1n) is 41.7. The molecule has 0 fully saturated rings. The van der Waals surface area contributed by atoms with Gasteiger partial charge in [-0.2, -0.15) is 0 Å². The maximum Gasteiger partial charge on any atom is 0.152 e. The van der Waals surface area contributed by atoms with Crippen molar-refractivity contribution in [2.24, 2.45) is 0 Å². The van der Waals surface area contributed by atoms with Gasteiger partial charge in [-0.05, 0) is 140 Å². The second-order valence-electron chi connectivity index (χ2n) is 29.4. The first-order valence-corrected chi connectivity index (χ1v) is 41.7. The van der Waals surface area contributed by atoms with Crippen LogP contribution in [-0.2, 0) is 80.4 Å². The molecular weight excluding hydrogens is 2340 g/mol. The van der Waals surface area contributed by atoms with E-state index in [1.165, 1.54) is 0 Å². The van der Waals surface area contributed by atoms with Gasteiger partial charge in [-0.15, -0.1) is 287 Å². The second kappa shape index (κ2) is 47.3. The predicted octanol–water partition coefficient (Wildman–Crippen LogP) is 29.2. The van der Waals surface area contributed by atoms with Crippen LogP contribution < -0.4 is 0 Å². The maximum absolute atomic E-state index is 5.96. The fourth-order valence-electron chi connectivity index (χ4n) is 14.4. The minimum Gasteiger partial charge on any atom is -0.464 e. The Balaban J connectivity index is 0.000000129. The Morgan fingerprint density at radius 3 is 0.939 bits per heavy atom. The third kappa shape index (κ3) is 24.0. The van der Waals surface area contributed by atoms with Crippen LogP contribution >= 0.6 is 0 Å². The molecule has 0 saturated carbocycles. The summed E-state index contributed by atoms with van der Waals surface area (Å²) in [5, 5.41) is 7.64. The number of pyridine rings is 8. The summed E-state index contributed by atoms with van der Waals surface area (Å²) in [7, 11) is 0. The molecule has 4 radical (unpaired) electrons. The molecule has 0 saturated heterocycles. The van der Waals surface area contributed by atoms with Crippen LogP contribution in [0.25, 0.3) is 178 Å². The van der Waals surface area contributed by atoms with Gasteiger partial charge in [0.1, 0.15) is 39.0 Å². The molecule has 0 amide bonds. The quantitative estimate of drug-likeness (QED) is 0.133. The minimum atomic E-state index is 0. The molecule has 24 rings (SSSR count). The summed E-state index contributed by atoms with van der Waals surface area (Å²) in [5.41, 5.74) is 27.6. The molecule has 0 unspecified atom stereocenters. The molecule has 0 bridgehead atoms. The zero-order chi connectivity index (χ0) is 87.0. The fourth-order valence-corrected chi connectivity index (χ4v) is 14.4. The maximum atomic E-state index is 5.96. The van der Waals surface area contributed by atoms with Crippen molar-refractivity contribution in [3.8, 4) is 90.1 Å². The standard InChI is InChI=1S/4C17H10NO.4C12H10N.4Ir/c1-2-6-12(7-3-1)15-10-14-13-8-4-5-9-16(13)19-17(14)11-18-15;1-2-6-12(7-3-1)16-17-14(10-11-18-16)13-8-4-5-9-15(13)19-17;1-2-6-12(7-3-1)14-10-11-16-17(18-14)13-8-4-5-9-15(13)19-16;1-2-6-12(7-3-1)17-16-13-8-4-5-9-14(13)19-15(16)10-11-18-17;4*1-10-6-5-9-12(13-10)11-7-3-2-4-8-11;;;;/h4*1-6,8-11H;4*2-7,9H,1H3;;;;/q8*-1;;;;. The van der Waals surface area contributed by atoms with Crippen LogP contribution in [0.5, 0.6) is 0 Å². The predicted molar refractivity (Wildman–Crippen MR) is 516 cm³/mol. The van der Waals surface area contributed by atoms with Crippen LogP contribution in [0.4, 0.5) is 0 Å². The minimum absolute atomic E-state index is 0. The van der Waals surface area contributed by atoms with Gasteiger partial charge >= 0.3 is 0 Å². The topological polar surface area (TPSA) is 156 Å². The van der Waals surface area contributed by atoms with Gasteiger partial charge in [-0.1, -0.05) is 127 Å². The average Bonchev–Trinajstić information content (AvgIpc) is 1.59. The number of benzene rings is 12. The van der Waals surface area contributed by atoms with Crippen molar-refractivity contribution in [1.29, 1.82) is 0 Å². The van der Waals surface area contributed by atoms with Gasteiger partial charge in [0.15, 0.2) is 11.2 Å². The third-order valence-electron chi connectivity index (χ3n) is 20.5. The van der Waals surface area contributed by atoms with E-state index < -0.39 is 0 Å². The first-order chi connectivity index (χ1) is 63.1. The van der Waals surface area contributed by atoms with E-state index in [-0.39, 0.29) is 80.4 Å². The zero-order valence-electron chi connectivity index (χ0n) is 71.8. The molecule has 12 aromatic heterocycles. The second-order valence-corrected chi connectivity index (χ2v) is 29.4. The molecule has 132 heavy (non-hydrogen) atoms. The average molecular weight is 2420 g/mol. The summed E-state index contributed by atoms with van der Waals surface area (Å²) in [6.45, 7) is 7.97. The van der Waals surface area contributed by atoms with E-state index in [0.29, 0.717) is 0 Å². The van der Waals surface area contributed by atoms with E-state index in [9.17, 15) is 0 Å². The van der Waals surface area contributed by atoms with Crippen LogP contribution in [0.2, 0.25) is 0 Å². The number of aromatic nitrogens is 8. The fraction of sp³-hybridized carbons (Fsp3) is 0.0345. The molecule has 0 aliphatic carbocycles. The molecule has 16 heteroatoms. The molecule has 0 aliphatic rings. The zero-order valence-corrected chi connectivity index (χ0v) is 81.4. The molecule has 12 nitrogen and oxygen atoms in total. The van der Waals surface area contributed by atoms with Crippen molar-refractivity contribution < 1.29 is 98.1 Å². The summed E-state index contributed by atoms with van der Waals surface area (Å²) >= 11 is 0. The first kappa shape index (κ1) is 95.2. The molecule has 12 aromatic carbocycles. The van der Waals surface area contributed by atoms with E-state index in [0.717, 1.165) is 201 Å². The van der Waals surface area contributed by atoms with E-state index in [2.05, 4.69) is 108 Å². The largest absolute Gasteiger partial charge is 0.464 e. The van der Waals surface area contributed by atoms with Gasteiger partial charge in [0.2, 0.25) is 0 Å². The molecule has 0 aliphatic heterocycles. The van der Waals surface area contributed by atoms with E-state index in [1.54, 1.807) is 12.4 Å². The van der Waals surface area contributed by atoms with Gasteiger partial charge in [0, 0.05) is 159 Å². The molecule has 24 aromatic rings. The Hall–Kier alpha value is -14.4. The van der Waals surface area contributed by atoms with E-state index in [4.69, 9.17) is 22.7 Å². The Labute approximate surface area is 820 Å².